The molecule has 1 saturated heterocycles. The number of hydrogen-bond donors (Lipinski definition) is 2. The molecule has 0 amide bonds. The Labute approximate surface area is 139 Å². The van der Waals surface area contributed by atoms with Gasteiger partial charge in [-0.15, -0.1) is 0 Å². The van der Waals surface area contributed by atoms with Crippen molar-refractivity contribution >= 4 is 43.4 Å². The predicted molar refractivity (Wildman–Crippen MR) is 89.9 cm³/mol. The molecule has 0 radical (unpaired) electrons. The molecule has 0 saturated carbocycles. The van der Waals surface area contributed by atoms with E-state index in [9.17, 15) is 8.42 Å². The molecular weight excluding hydrogens is 378 g/mol. The van der Waals surface area contributed by atoms with E-state index in [2.05, 4.69) is 26.0 Å². The molecule has 1 aliphatic heterocycles. The van der Waals surface area contributed by atoms with Crippen LogP contribution in [0.5, 0.6) is 0 Å². The third kappa shape index (κ3) is 4.56. The third-order valence-corrected chi connectivity index (χ3v) is 5.99. The van der Waals surface area contributed by atoms with Crippen molar-refractivity contribution in [3.63, 3.8) is 0 Å². The molecule has 0 spiro atoms. The van der Waals surface area contributed by atoms with Gasteiger partial charge in [0.2, 0.25) is 0 Å². The maximum atomic E-state index is 12.4. The van der Waals surface area contributed by atoms with E-state index in [1.54, 1.807) is 18.2 Å². The molecule has 0 bridgehead atoms. The Morgan fingerprint density at radius 2 is 2.05 bits per heavy atom. The second kappa shape index (κ2) is 7.28. The first kappa shape index (κ1) is 17.0. The van der Waals surface area contributed by atoms with Crippen LogP contribution in [0.1, 0.15) is 12.8 Å². The van der Waals surface area contributed by atoms with E-state index in [1.807, 2.05) is 7.05 Å². The lowest BCUT2D eigenvalue weighted by Gasteiger charge is -2.31. The largest absolute Gasteiger partial charge is 0.319 e. The molecule has 21 heavy (non-hydrogen) atoms. The summed E-state index contributed by atoms with van der Waals surface area (Å²) in [5.41, 5.74) is 0.497. The van der Waals surface area contributed by atoms with Crippen LogP contribution in [0, 0.1) is 5.92 Å². The van der Waals surface area contributed by atoms with E-state index in [0.29, 0.717) is 34.2 Å². The summed E-state index contributed by atoms with van der Waals surface area (Å²) in [7, 11) is -1.60. The van der Waals surface area contributed by atoms with Crippen molar-refractivity contribution in [1.82, 2.24) is 9.62 Å². The number of nitrogens with zero attached hydrogens (tertiary/aromatic N) is 1. The maximum absolute atomic E-state index is 12.4. The number of halogens is 2. The normalized spacial score (nSPS) is 17.9. The molecule has 0 aliphatic carbocycles. The van der Waals surface area contributed by atoms with Crippen molar-refractivity contribution < 1.29 is 8.42 Å². The van der Waals surface area contributed by atoms with Crippen molar-refractivity contribution in [3.05, 3.63) is 27.7 Å². The van der Waals surface area contributed by atoms with Crippen LogP contribution < -0.4 is 10.0 Å². The molecule has 5 nitrogen and oxygen atoms in total. The lowest BCUT2D eigenvalue weighted by Crippen LogP contribution is -2.43. The average Bonchev–Trinajstić information content (AvgIpc) is 2.43. The van der Waals surface area contributed by atoms with Crippen LogP contribution in [0.15, 0.2) is 22.7 Å². The van der Waals surface area contributed by atoms with Crippen molar-refractivity contribution in [1.29, 1.82) is 0 Å². The molecule has 118 valence electrons. The summed E-state index contributed by atoms with van der Waals surface area (Å²) in [6, 6.07) is 4.97. The van der Waals surface area contributed by atoms with Gasteiger partial charge in [0.25, 0.3) is 0 Å². The zero-order valence-electron chi connectivity index (χ0n) is 11.8. The summed E-state index contributed by atoms with van der Waals surface area (Å²) < 4.78 is 29.5. The molecule has 2 N–H and O–H groups in total. The molecule has 0 unspecified atom stereocenters. The van der Waals surface area contributed by atoms with Crippen molar-refractivity contribution in [3.8, 4) is 0 Å². The van der Waals surface area contributed by atoms with Crippen LogP contribution >= 0.6 is 27.5 Å². The van der Waals surface area contributed by atoms with Crippen LogP contribution in [-0.2, 0) is 10.2 Å². The highest BCUT2D eigenvalue weighted by Gasteiger charge is 2.28. The van der Waals surface area contributed by atoms with Crippen LogP contribution in [-0.4, -0.2) is 39.4 Å². The fourth-order valence-corrected chi connectivity index (χ4v) is 4.61. The Kier molecular flexibility index (Phi) is 5.90. The molecule has 0 aromatic heterocycles. The highest BCUT2D eigenvalue weighted by Crippen LogP contribution is 2.28. The van der Waals surface area contributed by atoms with E-state index >= 15 is 0 Å². The number of hydrogen-bond acceptors (Lipinski definition) is 3. The molecule has 8 heteroatoms. The van der Waals surface area contributed by atoms with Crippen LogP contribution in [0.2, 0.25) is 5.02 Å². The molecular formula is C13H19BrClN3O2S. The Bertz CT molecular complexity index is 589. The number of nitrogens with one attached hydrogen (secondary N) is 2. The van der Waals surface area contributed by atoms with Gasteiger partial charge >= 0.3 is 10.2 Å². The zero-order valence-corrected chi connectivity index (χ0v) is 14.9. The number of anilines is 1. The third-order valence-electron chi connectivity index (χ3n) is 3.58. The topological polar surface area (TPSA) is 61.4 Å². The van der Waals surface area contributed by atoms with E-state index in [-0.39, 0.29) is 0 Å². The minimum absolute atomic E-state index is 0.497. The monoisotopic (exact) mass is 395 g/mol. The van der Waals surface area contributed by atoms with E-state index in [4.69, 9.17) is 11.6 Å². The van der Waals surface area contributed by atoms with Crippen molar-refractivity contribution in [2.45, 2.75) is 12.8 Å². The van der Waals surface area contributed by atoms with Gasteiger partial charge in [0.1, 0.15) is 0 Å². The maximum Gasteiger partial charge on any atom is 0.301 e. The van der Waals surface area contributed by atoms with Gasteiger partial charge in [-0.1, -0.05) is 11.6 Å². The van der Waals surface area contributed by atoms with Gasteiger partial charge in [0, 0.05) is 22.6 Å². The fraction of sp³-hybridized carbons (Fsp3) is 0.538. The second-order valence-electron chi connectivity index (χ2n) is 5.13. The summed E-state index contributed by atoms with van der Waals surface area (Å²) in [6.45, 7) is 2.03. The fourth-order valence-electron chi connectivity index (χ4n) is 2.42. The van der Waals surface area contributed by atoms with Crippen molar-refractivity contribution in [2.24, 2.45) is 5.92 Å². The Hall–Kier alpha value is -0.340. The Morgan fingerprint density at radius 1 is 1.38 bits per heavy atom. The highest BCUT2D eigenvalue weighted by atomic mass is 79.9. The molecule has 1 aliphatic rings. The molecule has 1 heterocycles. The minimum Gasteiger partial charge on any atom is -0.319 e. The number of benzene rings is 1. The Balaban J connectivity index is 2.02. The SMILES string of the molecule is CNCC1CCN(S(=O)(=O)Nc2ccc(Cl)cc2Br)CC1. The van der Waals surface area contributed by atoms with Crippen LogP contribution in [0.3, 0.4) is 0 Å². The van der Waals surface area contributed by atoms with Gasteiger partial charge in [0.05, 0.1) is 5.69 Å². The lowest BCUT2D eigenvalue weighted by molar-refractivity contribution is 0.272. The minimum atomic E-state index is -3.52. The van der Waals surface area contributed by atoms with Crippen molar-refractivity contribution in [2.75, 3.05) is 31.4 Å². The smallest absolute Gasteiger partial charge is 0.301 e. The summed E-state index contributed by atoms with van der Waals surface area (Å²) in [5, 5.41) is 3.69. The molecule has 1 aromatic rings. The summed E-state index contributed by atoms with van der Waals surface area (Å²) in [4.78, 5) is 0. The molecule has 0 atom stereocenters. The zero-order chi connectivity index (χ0) is 15.5. The average molecular weight is 397 g/mol. The standard InChI is InChI=1S/C13H19BrClN3O2S/c1-16-9-10-4-6-18(7-5-10)21(19,20)17-13-3-2-11(15)8-12(13)14/h2-3,8,10,16-17H,4-7,9H2,1H3. The van der Waals surface area contributed by atoms with Crippen LogP contribution in [0.25, 0.3) is 0 Å². The van der Waals surface area contributed by atoms with Crippen LogP contribution in [0.4, 0.5) is 5.69 Å². The molecule has 1 fully saturated rings. The van der Waals surface area contributed by atoms with Gasteiger partial charge in [-0.25, -0.2) is 0 Å². The first-order valence-electron chi connectivity index (χ1n) is 6.80. The predicted octanol–water partition coefficient (Wildman–Crippen LogP) is 2.69. The summed E-state index contributed by atoms with van der Waals surface area (Å²) >= 11 is 9.17. The highest BCUT2D eigenvalue weighted by molar-refractivity contribution is 9.10. The second-order valence-corrected chi connectivity index (χ2v) is 8.09. The van der Waals surface area contributed by atoms with E-state index in [1.165, 1.54) is 4.31 Å². The summed E-state index contributed by atoms with van der Waals surface area (Å²) in [6.07, 6.45) is 1.76. The van der Waals surface area contributed by atoms with Gasteiger partial charge in [0.15, 0.2) is 0 Å². The lowest BCUT2D eigenvalue weighted by atomic mass is 9.98. The summed E-state index contributed by atoms with van der Waals surface area (Å²) in [5.74, 6) is 0.545. The van der Waals surface area contributed by atoms with E-state index < -0.39 is 10.2 Å². The first-order chi connectivity index (χ1) is 9.92. The van der Waals surface area contributed by atoms with E-state index in [0.717, 1.165) is 19.4 Å². The Morgan fingerprint density at radius 3 is 2.62 bits per heavy atom. The van der Waals surface area contributed by atoms with Gasteiger partial charge in [-0.3, -0.25) is 4.72 Å². The van der Waals surface area contributed by atoms with Gasteiger partial charge in [-0.2, -0.15) is 12.7 Å². The number of rotatable bonds is 5. The van der Waals surface area contributed by atoms with Gasteiger partial charge in [-0.05, 0) is 66.5 Å². The molecule has 2 rings (SSSR count). The first-order valence-corrected chi connectivity index (χ1v) is 9.41. The molecule has 1 aromatic carbocycles. The van der Waals surface area contributed by atoms with Gasteiger partial charge < -0.3 is 5.32 Å². The number of piperidine rings is 1. The quantitative estimate of drug-likeness (QED) is 0.804.